The van der Waals surface area contributed by atoms with Gasteiger partial charge in [0.1, 0.15) is 18.5 Å². The molecule has 0 bridgehead atoms. The van der Waals surface area contributed by atoms with Crippen molar-refractivity contribution in [1.82, 2.24) is 0 Å². The first kappa shape index (κ1) is 8.91. The highest BCUT2D eigenvalue weighted by Crippen LogP contribution is 2.17. The van der Waals surface area contributed by atoms with Crippen molar-refractivity contribution in [2.24, 2.45) is 0 Å². The summed E-state index contributed by atoms with van der Waals surface area (Å²) in [6.45, 7) is 0.664. The summed E-state index contributed by atoms with van der Waals surface area (Å²) >= 11 is 1.82. The van der Waals surface area contributed by atoms with Gasteiger partial charge in [-0.25, -0.2) is 0 Å². The Kier molecular flexibility index (Phi) is 3.11. The Morgan fingerprint density at radius 1 is 1.38 bits per heavy atom. The second-order valence-corrected chi connectivity index (χ2v) is 3.88. The molecule has 0 spiro atoms. The largest absolute Gasteiger partial charge is 0.491 e. The molecule has 0 radical (unpaired) electrons. The Morgan fingerprint density at radius 2 is 2.23 bits per heavy atom. The summed E-state index contributed by atoms with van der Waals surface area (Å²) in [5, 5.41) is 0. The lowest BCUT2D eigenvalue weighted by Gasteiger charge is -2.10. The molecule has 1 unspecified atom stereocenters. The Bertz CT molecular complexity index is 244. The third-order valence-corrected chi connectivity index (χ3v) is 2.78. The minimum absolute atomic E-state index is 0.269. The van der Waals surface area contributed by atoms with Crippen LogP contribution in [0.25, 0.3) is 0 Å². The van der Waals surface area contributed by atoms with Gasteiger partial charge in [-0.1, -0.05) is 18.2 Å². The molecule has 1 aromatic rings. The molecule has 0 N–H and O–H groups in total. The highest BCUT2D eigenvalue weighted by molar-refractivity contribution is 7.99. The van der Waals surface area contributed by atoms with Gasteiger partial charge in [-0.05, 0) is 12.1 Å². The zero-order valence-electron chi connectivity index (χ0n) is 7.31. The molecule has 1 heterocycles. The van der Waals surface area contributed by atoms with Gasteiger partial charge < -0.3 is 9.47 Å². The van der Waals surface area contributed by atoms with Crippen LogP contribution in [0.2, 0.25) is 0 Å². The fourth-order valence-electron chi connectivity index (χ4n) is 1.17. The quantitative estimate of drug-likeness (QED) is 0.738. The van der Waals surface area contributed by atoms with Gasteiger partial charge >= 0.3 is 0 Å². The zero-order valence-corrected chi connectivity index (χ0v) is 8.13. The average molecular weight is 196 g/mol. The van der Waals surface area contributed by atoms with E-state index in [-0.39, 0.29) is 6.10 Å². The maximum absolute atomic E-state index is 5.55. The van der Waals surface area contributed by atoms with Gasteiger partial charge in [-0.2, -0.15) is 0 Å². The summed E-state index contributed by atoms with van der Waals surface area (Å²) in [5.41, 5.74) is 0. The van der Waals surface area contributed by atoms with Gasteiger partial charge in [-0.3, -0.25) is 0 Å². The highest BCUT2D eigenvalue weighted by atomic mass is 32.2. The lowest BCUT2D eigenvalue weighted by Crippen LogP contribution is -2.18. The van der Waals surface area contributed by atoms with Gasteiger partial charge in [0.05, 0.1) is 5.94 Å². The molecule has 0 saturated carbocycles. The van der Waals surface area contributed by atoms with Crippen molar-refractivity contribution in [2.75, 3.05) is 18.3 Å². The second-order valence-electron chi connectivity index (χ2n) is 2.90. The summed E-state index contributed by atoms with van der Waals surface area (Å²) in [6.07, 6.45) is 0.269. The first-order chi connectivity index (χ1) is 6.45. The van der Waals surface area contributed by atoms with Gasteiger partial charge in [0.2, 0.25) is 0 Å². The first-order valence-corrected chi connectivity index (χ1v) is 5.48. The van der Waals surface area contributed by atoms with Crippen molar-refractivity contribution in [3.05, 3.63) is 30.3 Å². The van der Waals surface area contributed by atoms with Gasteiger partial charge in [0.15, 0.2) is 0 Å². The first-order valence-electron chi connectivity index (χ1n) is 4.32. The van der Waals surface area contributed by atoms with Crippen LogP contribution in [-0.4, -0.2) is 24.4 Å². The summed E-state index contributed by atoms with van der Waals surface area (Å²) in [5.74, 6) is 2.78. The number of rotatable bonds is 3. The van der Waals surface area contributed by atoms with Crippen LogP contribution in [0.3, 0.4) is 0 Å². The van der Waals surface area contributed by atoms with E-state index >= 15 is 0 Å². The number of para-hydroxylation sites is 1. The molecule has 1 saturated heterocycles. The van der Waals surface area contributed by atoms with Crippen molar-refractivity contribution in [1.29, 1.82) is 0 Å². The molecule has 2 rings (SSSR count). The third kappa shape index (κ3) is 2.64. The minimum Gasteiger partial charge on any atom is -0.491 e. The van der Waals surface area contributed by atoms with Crippen LogP contribution in [0.4, 0.5) is 0 Å². The Balaban J connectivity index is 1.79. The molecule has 1 atom stereocenters. The standard InChI is InChI=1S/C10H12O2S/c1-2-4-9(5-3-1)11-6-10-7-13-8-12-10/h1-5,10H,6-8H2. The van der Waals surface area contributed by atoms with Crippen LogP contribution in [-0.2, 0) is 4.74 Å². The fraction of sp³-hybridized carbons (Fsp3) is 0.400. The monoisotopic (exact) mass is 196 g/mol. The van der Waals surface area contributed by atoms with E-state index in [1.165, 1.54) is 0 Å². The second kappa shape index (κ2) is 4.53. The van der Waals surface area contributed by atoms with Gasteiger partial charge in [-0.15, -0.1) is 11.8 Å². The number of thioether (sulfide) groups is 1. The minimum atomic E-state index is 0.269. The molecule has 1 fully saturated rings. The molecule has 0 aromatic heterocycles. The SMILES string of the molecule is c1ccc(OCC2CSCO2)cc1. The van der Waals surface area contributed by atoms with E-state index in [4.69, 9.17) is 9.47 Å². The van der Waals surface area contributed by atoms with E-state index in [0.29, 0.717) is 6.61 Å². The third-order valence-electron chi connectivity index (χ3n) is 1.87. The molecule has 0 amide bonds. The highest BCUT2D eigenvalue weighted by Gasteiger charge is 2.16. The number of benzene rings is 1. The number of hydrogen-bond acceptors (Lipinski definition) is 3. The summed E-state index contributed by atoms with van der Waals surface area (Å²) in [7, 11) is 0. The fourth-order valence-corrected chi connectivity index (χ4v) is 2.01. The van der Waals surface area contributed by atoms with Crippen LogP contribution < -0.4 is 4.74 Å². The Hall–Kier alpha value is -0.670. The molecule has 1 aromatic carbocycles. The maximum atomic E-state index is 5.55. The summed E-state index contributed by atoms with van der Waals surface area (Å²) in [4.78, 5) is 0. The maximum Gasteiger partial charge on any atom is 0.119 e. The molecule has 70 valence electrons. The summed E-state index contributed by atoms with van der Waals surface area (Å²) < 4.78 is 11.0. The van der Waals surface area contributed by atoms with Crippen molar-refractivity contribution >= 4 is 11.8 Å². The van der Waals surface area contributed by atoms with Crippen LogP contribution in [0.5, 0.6) is 5.75 Å². The predicted octanol–water partition coefficient (Wildman–Crippen LogP) is 2.15. The van der Waals surface area contributed by atoms with Gasteiger partial charge in [0.25, 0.3) is 0 Å². The molecular formula is C10H12O2S. The van der Waals surface area contributed by atoms with Crippen molar-refractivity contribution in [3.8, 4) is 5.75 Å². The van der Waals surface area contributed by atoms with E-state index in [9.17, 15) is 0 Å². The average Bonchev–Trinajstić information content (AvgIpc) is 2.69. The van der Waals surface area contributed by atoms with E-state index in [0.717, 1.165) is 17.4 Å². The lowest BCUT2D eigenvalue weighted by atomic mass is 10.3. The molecule has 1 aliphatic rings. The van der Waals surface area contributed by atoms with Crippen molar-refractivity contribution in [2.45, 2.75) is 6.10 Å². The topological polar surface area (TPSA) is 18.5 Å². The number of hydrogen-bond donors (Lipinski definition) is 0. The molecule has 13 heavy (non-hydrogen) atoms. The predicted molar refractivity (Wildman–Crippen MR) is 54.1 cm³/mol. The van der Waals surface area contributed by atoms with Crippen LogP contribution in [0, 0.1) is 0 Å². The van der Waals surface area contributed by atoms with Crippen LogP contribution >= 0.6 is 11.8 Å². The van der Waals surface area contributed by atoms with Crippen molar-refractivity contribution < 1.29 is 9.47 Å². The van der Waals surface area contributed by atoms with Crippen LogP contribution in [0.15, 0.2) is 30.3 Å². The molecular weight excluding hydrogens is 184 g/mol. The molecule has 3 heteroatoms. The van der Waals surface area contributed by atoms with E-state index in [1.807, 2.05) is 42.1 Å². The van der Waals surface area contributed by atoms with E-state index in [1.54, 1.807) is 0 Å². The molecule has 0 aliphatic carbocycles. The van der Waals surface area contributed by atoms with Crippen LogP contribution in [0.1, 0.15) is 0 Å². The van der Waals surface area contributed by atoms with E-state index < -0.39 is 0 Å². The number of ether oxygens (including phenoxy) is 2. The summed E-state index contributed by atoms with van der Waals surface area (Å²) in [6, 6.07) is 9.85. The van der Waals surface area contributed by atoms with Gasteiger partial charge in [0, 0.05) is 5.75 Å². The normalized spacial score (nSPS) is 21.7. The lowest BCUT2D eigenvalue weighted by molar-refractivity contribution is 0.0776. The molecule has 1 aliphatic heterocycles. The van der Waals surface area contributed by atoms with Crippen molar-refractivity contribution in [3.63, 3.8) is 0 Å². The Labute approximate surface area is 82.2 Å². The smallest absolute Gasteiger partial charge is 0.119 e. The zero-order chi connectivity index (χ0) is 8.93. The molecule has 2 nitrogen and oxygen atoms in total. The Morgan fingerprint density at radius 3 is 2.92 bits per heavy atom. The van der Waals surface area contributed by atoms with E-state index in [2.05, 4.69) is 0 Å².